The lowest BCUT2D eigenvalue weighted by atomic mass is 10.1. The molecule has 0 bridgehead atoms. The van der Waals surface area contributed by atoms with Crippen molar-refractivity contribution in [3.63, 3.8) is 0 Å². The number of carbonyl (C=O) groups excluding carboxylic acids is 2. The van der Waals surface area contributed by atoms with E-state index in [1.54, 1.807) is 12.1 Å². The van der Waals surface area contributed by atoms with Gasteiger partial charge in [-0.1, -0.05) is 12.8 Å². The van der Waals surface area contributed by atoms with Crippen LogP contribution in [0.3, 0.4) is 0 Å². The zero-order valence-corrected chi connectivity index (χ0v) is 14.6. The Bertz CT molecular complexity index is 752. The van der Waals surface area contributed by atoms with Gasteiger partial charge in [0.2, 0.25) is 0 Å². The van der Waals surface area contributed by atoms with Crippen LogP contribution >= 0.6 is 0 Å². The van der Waals surface area contributed by atoms with Gasteiger partial charge in [0.25, 0.3) is 5.91 Å². The number of methoxy groups -OCH3 is 1. The Kier molecular flexibility index (Phi) is 5.16. The molecule has 0 radical (unpaired) electrons. The van der Waals surface area contributed by atoms with E-state index in [4.69, 9.17) is 0 Å². The van der Waals surface area contributed by atoms with Gasteiger partial charge in [0.15, 0.2) is 0 Å². The standard InChI is InChI=1S/C19H23N3O3/c1-21-11-6-8-16(21)17-7-4-3-5-12-22(17)18(23)15-10-9-14(13-20-15)19(24)25-2/h6,8-11,13,17H,3-5,7,12H2,1-2H3. The Balaban J connectivity index is 1.87. The second-order valence-corrected chi connectivity index (χ2v) is 6.33. The highest BCUT2D eigenvalue weighted by atomic mass is 16.5. The Morgan fingerprint density at radius 2 is 2.04 bits per heavy atom. The van der Waals surface area contributed by atoms with Gasteiger partial charge < -0.3 is 14.2 Å². The Morgan fingerprint density at radius 3 is 2.68 bits per heavy atom. The third-order valence-electron chi connectivity index (χ3n) is 4.74. The molecule has 0 spiro atoms. The molecule has 25 heavy (non-hydrogen) atoms. The first kappa shape index (κ1) is 17.2. The Hall–Kier alpha value is -2.63. The number of nitrogens with zero attached hydrogens (tertiary/aromatic N) is 3. The lowest BCUT2D eigenvalue weighted by Gasteiger charge is -2.30. The number of esters is 1. The molecule has 1 unspecified atom stereocenters. The maximum absolute atomic E-state index is 13.1. The molecule has 2 aromatic heterocycles. The molecule has 1 amide bonds. The lowest BCUT2D eigenvalue weighted by Crippen LogP contribution is -2.36. The first-order chi connectivity index (χ1) is 12.1. The topological polar surface area (TPSA) is 64.4 Å². The van der Waals surface area contributed by atoms with E-state index in [9.17, 15) is 9.59 Å². The van der Waals surface area contributed by atoms with Crippen molar-refractivity contribution in [3.8, 4) is 0 Å². The smallest absolute Gasteiger partial charge is 0.339 e. The molecule has 1 atom stereocenters. The van der Waals surface area contributed by atoms with Crippen LogP contribution in [0.5, 0.6) is 0 Å². The number of ether oxygens (including phenoxy) is 1. The van der Waals surface area contributed by atoms with Gasteiger partial charge in [-0.25, -0.2) is 4.79 Å². The van der Waals surface area contributed by atoms with Crippen molar-refractivity contribution in [3.05, 3.63) is 53.6 Å². The van der Waals surface area contributed by atoms with Crippen molar-refractivity contribution in [2.24, 2.45) is 7.05 Å². The van der Waals surface area contributed by atoms with Crippen LogP contribution in [-0.2, 0) is 11.8 Å². The van der Waals surface area contributed by atoms with Crippen LogP contribution in [0.4, 0.5) is 0 Å². The molecule has 3 heterocycles. The summed E-state index contributed by atoms with van der Waals surface area (Å²) in [5.41, 5.74) is 1.84. The first-order valence-corrected chi connectivity index (χ1v) is 8.58. The van der Waals surface area contributed by atoms with Gasteiger partial charge in [-0.2, -0.15) is 0 Å². The largest absolute Gasteiger partial charge is 0.465 e. The monoisotopic (exact) mass is 341 g/mol. The molecule has 1 saturated heterocycles. The van der Waals surface area contributed by atoms with Crippen molar-refractivity contribution >= 4 is 11.9 Å². The number of carbonyl (C=O) groups is 2. The fraction of sp³-hybridized carbons (Fsp3) is 0.421. The van der Waals surface area contributed by atoms with Gasteiger partial charge in [-0.05, 0) is 37.1 Å². The summed E-state index contributed by atoms with van der Waals surface area (Å²) < 4.78 is 6.75. The molecular weight excluding hydrogens is 318 g/mol. The van der Waals surface area contributed by atoms with E-state index < -0.39 is 5.97 Å². The first-order valence-electron chi connectivity index (χ1n) is 8.58. The summed E-state index contributed by atoms with van der Waals surface area (Å²) >= 11 is 0. The van der Waals surface area contributed by atoms with Crippen molar-refractivity contribution in [1.29, 1.82) is 0 Å². The summed E-state index contributed by atoms with van der Waals surface area (Å²) in [5.74, 6) is -0.549. The minimum absolute atomic E-state index is 0.0529. The molecule has 132 valence electrons. The predicted molar refractivity (Wildman–Crippen MR) is 93.2 cm³/mol. The summed E-state index contributed by atoms with van der Waals surface area (Å²) in [6, 6.07) is 7.32. The Labute approximate surface area is 147 Å². The highest BCUT2D eigenvalue weighted by molar-refractivity contribution is 5.94. The number of likely N-dealkylation sites (tertiary alicyclic amines) is 1. The number of aromatic nitrogens is 2. The molecule has 0 aliphatic carbocycles. The maximum atomic E-state index is 13.1. The number of aryl methyl sites for hydroxylation is 1. The molecule has 0 saturated carbocycles. The molecule has 3 rings (SSSR count). The molecule has 2 aromatic rings. The SMILES string of the molecule is COC(=O)c1ccc(C(=O)N2CCCCCC2c2cccn2C)nc1. The number of rotatable bonds is 3. The number of hydrogen-bond acceptors (Lipinski definition) is 4. The van der Waals surface area contributed by atoms with Gasteiger partial charge in [0.1, 0.15) is 5.69 Å². The summed E-state index contributed by atoms with van der Waals surface area (Å²) in [5, 5.41) is 0. The number of hydrogen-bond donors (Lipinski definition) is 0. The summed E-state index contributed by atoms with van der Waals surface area (Å²) in [6.07, 6.45) is 7.57. The summed E-state index contributed by atoms with van der Waals surface area (Å²) in [6.45, 7) is 0.717. The fourth-order valence-electron chi connectivity index (χ4n) is 3.39. The van der Waals surface area contributed by atoms with Crippen LogP contribution in [-0.4, -0.2) is 40.0 Å². The third kappa shape index (κ3) is 3.57. The highest BCUT2D eigenvalue weighted by Gasteiger charge is 2.29. The number of pyridine rings is 1. The van der Waals surface area contributed by atoms with Crippen molar-refractivity contribution in [2.75, 3.05) is 13.7 Å². The minimum Gasteiger partial charge on any atom is -0.465 e. The maximum Gasteiger partial charge on any atom is 0.339 e. The predicted octanol–water partition coefficient (Wildman–Crippen LogP) is 2.96. The summed E-state index contributed by atoms with van der Waals surface area (Å²) in [7, 11) is 3.33. The van der Waals surface area contributed by atoms with E-state index in [0.717, 1.165) is 37.9 Å². The zero-order chi connectivity index (χ0) is 17.8. The quantitative estimate of drug-likeness (QED) is 0.805. The van der Waals surface area contributed by atoms with E-state index >= 15 is 0 Å². The number of amides is 1. The fourth-order valence-corrected chi connectivity index (χ4v) is 3.39. The summed E-state index contributed by atoms with van der Waals surface area (Å²) in [4.78, 5) is 30.7. The van der Waals surface area contributed by atoms with Gasteiger partial charge in [-0.3, -0.25) is 9.78 Å². The van der Waals surface area contributed by atoms with E-state index in [-0.39, 0.29) is 11.9 Å². The van der Waals surface area contributed by atoms with Gasteiger partial charge in [-0.15, -0.1) is 0 Å². The third-order valence-corrected chi connectivity index (χ3v) is 4.74. The van der Waals surface area contributed by atoms with Gasteiger partial charge in [0.05, 0.1) is 18.7 Å². The van der Waals surface area contributed by atoms with Crippen LogP contribution in [0.15, 0.2) is 36.7 Å². The van der Waals surface area contributed by atoms with Crippen LogP contribution in [0.2, 0.25) is 0 Å². The normalized spacial score (nSPS) is 17.8. The molecule has 1 aliphatic heterocycles. The Morgan fingerprint density at radius 1 is 1.20 bits per heavy atom. The molecule has 0 N–H and O–H groups in total. The van der Waals surface area contributed by atoms with Crippen LogP contribution < -0.4 is 0 Å². The average Bonchev–Trinajstić information content (AvgIpc) is 2.92. The lowest BCUT2D eigenvalue weighted by molar-refractivity contribution is 0.0597. The molecular formula is C19H23N3O3. The molecule has 1 aliphatic rings. The second kappa shape index (κ2) is 7.51. The van der Waals surface area contributed by atoms with Crippen LogP contribution in [0.25, 0.3) is 0 Å². The van der Waals surface area contributed by atoms with E-state index in [1.165, 1.54) is 13.3 Å². The molecule has 6 nitrogen and oxygen atoms in total. The van der Waals surface area contributed by atoms with E-state index in [2.05, 4.69) is 20.4 Å². The second-order valence-electron chi connectivity index (χ2n) is 6.33. The molecule has 1 fully saturated rings. The zero-order valence-electron chi connectivity index (χ0n) is 14.6. The van der Waals surface area contributed by atoms with Gasteiger partial charge >= 0.3 is 5.97 Å². The van der Waals surface area contributed by atoms with Crippen molar-refractivity contribution < 1.29 is 14.3 Å². The van der Waals surface area contributed by atoms with Crippen LogP contribution in [0, 0.1) is 0 Å². The van der Waals surface area contributed by atoms with Crippen LogP contribution in [0.1, 0.15) is 58.3 Å². The molecule has 0 aromatic carbocycles. The highest BCUT2D eigenvalue weighted by Crippen LogP contribution is 2.31. The average molecular weight is 341 g/mol. The van der Waals surface area contributed by atoms with Crippen molar-refractivity contribution in [1.82, 2.24) is 14.5 Å². The van der Waals surface area contributed by atoms with E-state index in [1.807, 2.05) is 24.2 Å². The minimum atomic E-state index is -0.456. The van der Waals surface area contributed by atoms with Gasteiger partial charge in [0, 0.05) is 31.7 Å². The molecule has 6 heteroatoms. The van der Waals surface area contributed by atoms with Crippen molar-refractivity contribution in [2.45, 2.75) is 31.7 Å². The van der Waals surface area contributed by atoms with E-state index in [0.29, 0.717) is 11.3 Å².